The van der Waals surface area contributed by atoms with Gasteiger partial charge in [-0.15, -0.1) is 0 Å². The molecule has 4 aromatic rings. The zero-order chi connectivity index (χ0) is 32.3. The Kier molecular flexibility index (Phi) is 7.56. The van der Waals surface area contributed by atoms with E-state index in [1.807, 2.05) is 0 Å². The lowest BCUT2D eigenvalue weighted by atomic mass is 10.1. The Bertz CT molecular complexity index is 1690. The first kappa shape index (κ1) is 31.4. The Morgan fingerprint density at radius 1 is 0.860 bits per heavy atom. The Balaban J connectivity index is 2.06. The molecular formula is C25H18F10N6O2. The number of hydrogen-bond donors (Lipinski definition) is 0. The van der Waals surface area contributed by atoms with Gasteiger partial charge in [0, 0.05) is 18.8 Å². The minimum Gasteiger partial charge on any atom is -0.442 e. The highest BCUT2D eigenvalue weighted by atomic mass is 19.4. The number of imidazole rings is 1. The lowest BCUT2D eigenvalue weighted by molar-refractivity contribution is -0.141. The van der Waals surface area contributed by atoms with Gasteiger partial charge in [-0.05, 0) is 51.1 Å². The fourth-order valence-electron chi connectivity index (χ4n) is 3.71. The molecule has 0 N–H and O–H groups in total. The van der Waals surface area contributed by atoms with Crippen molar-refractivity contribution in [2.45, 2.75) is 44.9 Å². The van der Waals surface area contributed by atoms with Crippen LogP contribution in [0.5, 0.6) is 0 Å². The number of alkyl halides is 9. The second-order valence-corrected chi connectivity index (χ2v) is 9.94. The number of benzene rings is 1. The molecule has 0 saturated heterocycles. The van der Waals surface area contributed by atoms with Crippen molar-refractivity contribution < 1.29 is 53.4 Å². The summed E-state index contributed by atoms with van der Waals surface area (Å²) in [6, 6.07) is 2.36. The van der Waals surface area contributed by atoms with E-state index in [0.717, 1.165) is 13.1 Å². The molecule has 0 unspecified atom stereocenters. The summed E-state index contributed by atoms with van der Waals surface area (Å²) in [7, 11) is 0.982. The average Bonchev–Trinajstić information content (AvgIpc) is 3.23. The summed E-state index contributed by atoms with van der Waals surface area (Å²) >= 11 is 0. The molecule has 0 aliphatic carbocycles. The van der Waals surface area contributed by atoms with Crippen LogP contribution in [0.4, 0.5) is 48.7 Å². The van der Waals surface area contributed by atoms with Crippen molar-refractivity contribution in [3.63, 3.8) is 0 Å². The minimum atomic E-state index is -5.28. The van der Waals surface area contributed by atoms with Crippen LogP contribution in [-0.4, -0.2) is 43.4 Å². The Hall–Kier alpha value is -4.51. The molecule has 4 rings (SSSR count). The highest BCUT2D eigenvalue weighted by Crippen LogP contribution is 2.38. The Morgan fingerprint density at radius 2 is 1.51 bits per heavy atom. The summed E-state index contributed by atoms with van der Waals surface area (Å²) in [6.45, 7) is 4.38. The van der Waals surface area contributed by atoms with Gasteiger partial charge in [-0.1, -0.05) is 0 Å². The normalized spacial score (nSPS) is 13.0. The number of aromatic nitrogens is 5. The van der Waals surface area contributed by atoms with Crippen LogP contribution in [0.15, 0.2) is 36.5 Å². The van der Waals surface area contributed by atoms with Crippen molar-refractivity contribution in [3.05, 3.63) is 59.3 Å². The third kappa shape index (κ3) is 6.46. The summed E-state index contributed by atoms with van der Waals surface area (Å²) in [5.74, 6) is -3.16. The molecule has 0 atom stereocenters. The minimum absolute atomic E-state index is 0.0855. The summed E-state index contributed by atoms with van der Waals surface area (Å²) < 4.78 is 142. The van der Waals surface area contributed by atoms with Gasteiger partial charge in [0.25, 0.3) is 0 Å². The predicted molar refractivity (Wildman–Crippen MR) is 129 cm³/mol. The summed E-state index contributed by atoms with van der Waals surface area (Å²) in [5, 5.41) is 0.551. The molecule has 0 spiro atoms. The maximum Gasteiger partial charge on any atom is 0.435 e. The molecule has 0 bridgehead atoms. The highest BCUT2D eigenvalue weighted by Gasteiger charge is 2.40. The third-order valence-electron chi connectivity index (χ3n) is 5.56. The third-order valence-corrected chi connectivity index (χ3v) is 5.56. The van der Waals surface area contributed by atoms with Gasteiger partial charge in [-0.3, -0.25) is 4.98 Å². The molecule has 0 saturated carbocycles. The number of nitrogens with zero attached hydrogens (tertiary/aromatic N) is 6. The van der Waals surface area contributed by atoms with Crippen molar-refractivity contribution in [3.8, 4) is 22.8 Å². The van der Waals surface area contributed by atoms with E-state index in [9.17, 15) is 44.3 Å². The molecule has 0 aliphatic rings. The SMILES string of the molecule is CN(C(=O)OC(C)(C)C)n1c(-c2ccc(C(F)(F)F)cc2F)nc2c(C(F)(F)F)nc(-c3ccc(C(F)(F)F)nc3)nc21. The molecule has 3 aromatic heterocycles. The summed E-state index contributed by atoms with van der Waals surface area (Å²) in [4.78, 5) is 27.3. The second kappa shape index (κ2) is 10.3. The fourth-order valence-corrected chi connectivity index (χ4v) is 3.71. The van der Waals surface area contributed by atoms with Crippen LogP contribution >= 0.6 is 0 Å². The second-order valence-electron chi connectivity index (χ2n) is 9.94. The molecule has 0 radical (unpaired) electrons. The van der Waals surface area contributed by atoms with Gasteiger partial charge in [0.05, 0.1) is 11.1 Å². The zero-order valence-electron chi connectivity index (χ0n) is 22.2. The van der Waals surface area contributed by atoms with Crippen LogP contribution in [0.25, 0.3) is 33.9 Å². The molecule has 18 heteroatoms. The quantitative estimate of drug-likeness (QED) is 0.223. The van der Waals surface area contributed by atoms with Gasteiger partial charge in [0.15, 0.2) is 23.0 Å². The Morgan fingerprint density at radius 3 is 2.00 bits per heavy atom. The first-order valence-corrected chi connectivity index (χ1v) is 11.8. The van der Waals surface area contributed by atoms with Crippen LogP contribution in [0, 0.1) is 5.82 Å². The van der Waals surface area contributed by atoms with Crippen molar-refractivity contribution >= 4 is 17.3 Å². The number of rotatable bonds is 3. The average molecular weight is 624 g/mol. The van der Waals surface area contributed by atoms with Crippen LogP contribution < -0.4 is 5.01 Å². The molecule has 8 nitrogen and oxygen atoms in total. The zero-order valence-corrected chi connectivity index (χ0v) is 22.2. The molecule has 1 amide bonds. The summed E-state index contributed by atoms with van der Waals surface area (Å²) in [6.07, 6.45) is -15.8. The molecule has 0 fully saturated rings. The van der Waals surface area contributed by atoms with Crippen molar-refractivity contribution in [2.75, 3.05) is 12.1 Å². The van der Waals surface area contributed by atoms with Crippen LogP contribution in [0.3, 0.4) is 0 Å². The van der Waals surface area contributed by atoms with E-state index in [1.54, 1.807) is 0 Å². The van der Waals surface area contributed by atoms with Crippen molar-refractivity contribution in [1.82, 2.24) is 24.6 Å². The lowest BCUT2D eigenvalue weighted by Crippen LogP contribution is -2.41. The van der Waals surface area contributed by atoms with Gasteiger partial charge in [0.1, 0.15) is 22.6 Å². The molecule has 0 aliphatic heterocycles. The van der Waals surface area contributed by atoms with Crippen molar-refractivity contribution in [1.29, 1.82) is 0 Å². The van der Waals surface area contributed by atoms with Gasteiger partial charge in [-0.25, -0.2) is 33.8 Å². The van der Waals surface area contributed by atoms with E-state index in [-0.39, 0.29) is 6.07 Å². The topological polar surface area (TPSA) is 86.0 Å². The van der Waals surface area contributed by atoms with E-state index in [1.165, 1.54) is 20.8 Å². The highest BCUT2D eigenvalue weighted by molar-refractivity contribution is 5.87. The number of carbonyl (C=O) groups excluding carboxylic acids is 1. The molecule has 1 aromatic carbocycles. The molecule has 230 valence electrons. The first-order chi connectivity index (χ1) is 19.6. The van der Waals surface area contributed by atoms with E-state index in [4.69, 9.17) is 4.74 Å². The first-order valence-electron chi connectivity index (χ1n) is 11.8. The Labute approximate surface area is 234 Å². The van der Waals surface area contributed by atoms with E-state index >= 15 is 4.39 Å². The number of hydrogen-bond acceptors (Lipinski definition) is 6. The number of amides is 1. The van der Waals surface area contributed by atoms with Gasteiger partial charge >= 0.3 is 24.6 Å². The maximum atomic E-state index is 15.1. The largest absolute Gasteiger partial charge is 0.442 e. The van der Waals surface area contributed by atoms with Gasteiger partial charge in [0.2, 0.25) is 0 Å². The van der Waals surface area contributed by atoms with E-state index < -0.39 is 86.9 Å². The van der Waals surface area contributed by atoms with Crippen LogP contribution in [-0.2, 0) is 23.3 Å². The van der Waals surface area contributed by atoms with Crippen LogP contribution in [0.1, 0.15) is 37.7 Å². The molecular weight excluding hydrogens is 606 g/mol. The predicted octanol–water partition coefficient (Wildman–Crippen LogP) is 7.25. The number of carbonyl (C=O) groups is 1. The van der Waals surface area contributed by atoms with E-state index in [2.05, 4.69) is 19.9 Å². The summed E-state index contributed by atoms with van der Waals surface area (Å²) in [5.41, 5.74) is -8.68. The molecule has 43 heavy (non-hydrogen) atoms. The van der Waals surface area contributed by atoms with Gasteiger partial charge < -0.3 is 4.74 Å². The fraction of sp³-hybridized carbons (Fsp3) is 0.320. The number of fused-ring (bicyclic) bond motifs is 1. The standard InChI is InChI=1S/C25H18F10N6O2/c1-22(2,3)43-21(42)40(4)41-19(13-7-6-12(9-14(13)26)23(27,28)29)37-16-17(25(33,34)35)38-18(39-20(16)41)11-5-8-15(36-10-11)24(30,31)32/h5-10H,1-4H3. The molecule has 3 heterocycles. The number of ether oxygens (including phenoxy) is 1. The lowest BCUT2D eigenvalue weighted by Gasteiger charge is -2.26. The van der Waals surface area contributed by atoms with Gasteiger partial charge in [-0.2, -0.15) is 39.5 Å². The van der Waals surface area contributed by atoms with Crippen LogP contribution in [0.2, 0.25) is 0 Å². The van der Waals surface area contributed by atoms with E-state index in [0.29, 0.717) is 34.1 Å². The maximum absolute atomic E-state index is 15.1. The van der Waals surface area contributed by atoms with Crippen molar-refractivity contribution in [2.24, 2.45) is 0 Å². The smallest absolute Gasteiger partial charge is 0.435 e. The number of pyridine rings is 1. The monoisotopic (exact) mass is 624 g/mol. The number of halogens is 10.